The van der Waals surface area contributed by atoms with Crippen molar-refractivity contribution in [1.29, 1.82) is 0 Å². The zero-order valence-corrected chi connectivity index (χ0v) is 13.6. The van der Waals surface area contributed by atoms with E-state index in [0.717, 1.165) is 11.4 Å². The molecule has 8 nitrogen and oxygen atoms in total. The summed E-state index contributed by atoms with van der Waals surface area (Å²) in [7, 11) is 4.87. The highest BCUT2D eigenvalue weighted by atomic mass is 16.5. The second kappa shape index (κ2) is 6.15. The first-order chi connectivity index (χ1) is 11.5. The maximum absolute atomic E-state index is 12.5. The number of likely N-dealkylation sites (N-methyl/N-ethyl adjacent to an activating group) is 1. The fourth-order valence-corrected chi connectivity index (χ4v) is 2.26. The van der Waals surface area contributed by atoms with E-state index >= 15 is 0 Å². The fraction of sp³-hybridized carbons (Fsp3) is 0.250. The monoisotopic (exact) mass is 327 g/mol. The molecule has 2 aromatic heterocycles. The molecule has 8 heteroatoms. The molecule has 0 aliphatic carbocycles. The normalized spacial score (nSPS) is 10.8. The number of methoxy groups -OCH3 is 1. The summed E-state index contributed by atoms with van der Waals surface area (Å²) in [6.45, 7) is -0.0531. The molecule has 0 aliphatic rings. The molecule has 1 aromatic carbocycles. The summed E-state index contributed by atoms with van der Waals surface area (Å²) in [6.07, 6.45) is 2.83. The lowest BCUT2D eigenvalue weighted by atomic mass is 10.3. The first-order valence-corrected chi connectivity index (χ1v) is 7.29. The predicted molar refractivity (Wildman–Crippen MR) is 88.4 cm³/mol. The van der Waals surface area contributed by atoms with E-state index in [0.29, 0.717) is 11.0 Å². The Morgan fingerprint density at radius 3 is 2.58 bits per heavy atom. The van der Waals surface area contributed by atoms with Crippen LogP contribution in [0.2, 0.25) is 0 Å². The standard InChI is InChI=1S/C16H17N5O3/c1-19(2)14(22)9-20-10-17-15-13(16(20)23)8-18-21(15)11-4-6-12(24-3)7-5-11/h4-8,10H,9H2,1-3H3. The van der Waals surface area contributed by atoms with Crippen molar-refractivity contribution in [3.05, 3.63) is 47.1 Å². The summed E-state index contributed by atoms with van der Waals surface area (Å²) in [4.78, 5) is 30.0. The van der Waals surface area contributed by atoms with E-state index in [1.54, 1.807) is 38.0 Å². The molecule has 24 heavy (non-hydrogen) atoms. The number of hydrogen-bond donors (Lipinski definition) is 0. The molecule has 124 valence electrons. The molecular formula is C16H17N5O3. The van der Waals surface area contributed by atoms with Crippen molar-refractivity contribution >= 4 is 16.9 Å². The summed E-state index contributed by atoms with van der Waals surface area (Å²) in [5.41, 5.74) is 0.911. The number of nitrogens with zero attached hydrogens (tertiary/aromatic N) is 5. The fourth-order valence-electron chi connectivity index (χ4n) is 2.26. The molecular weight excluding hydrogens is 310 g/mol. The number of rotatable bonds is 4. The highest BCUT2D eigenvalue weighted by Crippen LogP contribution is 2.17. The van der Waals surface area contributed by atoms with Crippen LogP contribution in [0.25, 0.3) is 16.7 Å². The van der Waals surface area contributed by atoms with Gasteiger partial charge < -0.3 is 9.64 Å². The molecule has 0 spiro atoms. The van der Waals surface area contributed by atoms with Gasteiger partial charge in [0.1, 0.15) is 24.0 Å². The SMILES string of the molecule is COc1ccc(-n2ncc3c(=O)n(CC(=O)N(C)C)cnc32)cc1. The first-order valence-electron chi connectivity index (χ1n) is 7.29. The summed E-state index contributed by atoms with van der Waals surface area (Å²) in [5.74, 6) is 0.550. The molecule has 0 radical (unpaired) electrons. The van der Waals surface area contributed by atoms with Gasteiger partial charge >= 0.3 is 0 Å². The summed E-state index contributed by atoms with van der Waals surface area (Å²) in [6, 6.07) is 7.27. The van der Waals surface area contributed by atoms with Crippen LogP contribution in [0.4, 0.5) is 0 Å². The molecule has 0 saturated heterocycles. The third-order valence-electron chi connectivity index (χ3n) is 3.68. The number of benzene rings is 1. The van der Waals surface area contributed by atoms with Crippen molar-refractivity contribution < 1.29 is 9.53 Å². The maximum Gasteiger partial charge on any atom is 0.264 e. The van der Waals surface area contributed by atoms with Gasteiger partial charge in [-0.15, -0.1) is 0 Å². The molecule has 3 aromatic rings. The van der Waals surface area contributed by atoms with Gasteiger partial charge in [0.2, 0.25) is 5.91 Å². The van der Waals surface area contributed by atoms with Gasteiger partial charge in [0.05, 0.1) is 19.0 Å². The van der Waals surface area contributed by atoms with Crippen molar-refractivity contribution in [2.24, 2.45) is 0 Å². The number of carbonyl (C=O) groups is 1. The number of aromatic nitrogens is 4. The van der Waals surface area contributed by atoms with Gasteiger partial charge in [-0.1, -0.05) is 0 Å². The zero-order valence-electron chi connectivity index (χ0n) is 13.6. The topological polar surface area (TPSA) is 82.2 Å². The van der Waals surface area contributed by atoms with Gasteiger partial charge in [-0.25, -0.2) is 9.67 Å². The van der Waals surface area contributed by atoms with Crippen LogP contribution >= 0.6 is 0 Å². The molecule has 0 bridgehead atoms. The number of fused-ring (bicyclic) bond motifs is 1. The average Bonchev–Trinajstić information content (AvgIpc) is 3.02. The van der Waals surface area contributed by atoms with Crippen LogP contribution in [0.15, 0.2) is 41.6 Å². The summed E-state index contributed by atoms with van der Waals surface area (Å²) < 4.78 is 7.99. The van der Waals surface area contributed by atoms with Gasteiger partial charge in [-0.3, -0.25) is 14.2 Å². The van der Waals surface area contributed by atoms with Crippen LogP contribution in [-0.2, 0) is 11.3 Å². The third-order valence-corrected chi connectivity index (χ3v) is 3.68. The van der Waals surface area contributed by atoms with E-state index in [4.69, 9.17) is 4.74 Å². The van der Waals surface area contributed by atoms with Gasteiger partial charge in [-0.05, 0) is 24.3 Å². The van der Waals surface area contributed by atoms with Gasteiger partial charge in [0.25, 0.3) is 5.56 Å². The van der Waals surface area contributed by atoms with Crippen LogP contribution in [0.3, 0.4) is 0 Å². The Morgan fingerprint density at radius 1 is 1.25 bits per heavy atom. The Balaban J connectivity index is 2.03. The Hall–Kier alpha value is -3.16. The minimum atomic E-state index is -0.296. The highest BCUT2D eigenvalue weighted by Gasteiger charge is 2.13. The van der Waals surface area contributed by atoms with Crippen LogP contribution in [0.5, 0.6) is 5.75 Å². The predicted octanol–water partition coefficient (Wildman–Crippen LogP) is 0.679. The molecule has 0 fully saturated rings. The lowest BCUT2D eigenvalue weighted by Crippen LogP contribution is -2.31. The highest BCUT2D eigenvalue weighted by molar-refractivity contribution is 5.77. The van der Waals surface area contributed by atoms with Crippen molar-refractivity contribution in [2.45, 2.75) is 6.54 Å². The lowest BCUT2D eigenvalue weighted by molar-refractivity contribution is -0.129. The number of carbonyl (C=O) groups excluding carboxylic acids is 1. The van der Waals surface area contributed by atoms with Crippen LogP contribution < -0.4 is 10.3 Å². The van der Waals surface area contributed by atoms with Gasteiger partial charge in [0.15, 0.2) is 5.65 Å². The average molecular weight is 327 g/mol. The zero-order chi connectivity index (χ0) is 17.3. The van der Waals surface area contributed by atoms with E-state index in [9.17, 15) is 9.59 Å². The smallest absolute Gasteiger partial charge is 0.264 e. The quantitative estimate of drug-likeness (QED) is 0.704. The van der Waals surface area contributed by atoms with E-state index in [-0.39, 0.29) is 18.0 Å². The number of hydrogen-bond acceptors (Lipinski definition) is 5. The second-order valence-corrected chi connectivity index (χ2v) is 5.46. The van der Waals surface area contributed by atoms with Gasteiger partial charge in [0, 0.05) is 14.1 Å². The van der Waals surface area contributed by atoms with Crippen molar-refractivity contribution in [1.82, 2.24) is 24.2 Å². The maximum atomic E-state index is 12.5. The first kappa shape index (κ1) is 15.7. The Labute approximate surface area is 137 Å². The van der Waals surface area contributed by atoms with E-state index in [1.165, 1.54) is 22.0 Å². The van der Waals surface area contributed by atoms with E-state index < -0.39 is 0 Å². The van der Waals surface area contributed by atoms with Crippen LogP contribution in [-0.4, -0.2) is 51.3 Å². The summed E-state index contributed by atoms with van der Waals surface area (Å²) >= 11 is 0. The van der Waals surface area contributed by atoms with Crippen LogP contribution in [0.1, 0.15) is 0 Å². The van der Waals surface area contributed by atoms with E-state index in [2.05, 4.69) is 10.1 Å². The minimum absolute atomic E-state index is 0.0531. The molecule has 2 heterocycles. The number of ether oxygens (including phenoxy) is 1. The minimum Gasteiger partial charge on any atom is -0.497 e. The lowest BCUT2D eigenvalue weighted by Gasteiger charge is -2.11. The molecule has 0 saturated carbocycles. The Morgan fingerprint density at radius 2 is 1.96 bits per heavy atom. The molecule has 0 aliphatic heterocycles. The largest absolute Gasteiger partial charge is 0.497 e. The van der Waals surface area contributed by atoms with Crippen molar-refractivity contribution in [2.75, 3.05) is 21.2 Å². The number of amides is 1. The Bertz CT molecular complexity index is 940. The Kier molecular flexibility index (Phi) is 4.03. The van der Waals surface area contributed by atoms with Crippen molar-refractivity contribution in [3.8, 4) is 11.4 Å². The van der Waals surface area contributed by atoms with E-state index in [1.807, 2.05) is 12.1 Å². The molecule has 1 amide bonds. The molecule has 0 atom stereocenters. The second-order valence-electron chi connectivity index (χ2n) is 5.46. The van der Waals surface area contributed by atoms with Gasteiger partial charge in [-0.2, -0.15) is 5.10 Å². The molecule has 3 rings (SSSR count). The third kappa shape index (κ3) is 2.73. The molecule has 0 unspecified atom stereocenters. The van der Waals surface area contributed by atoms with Crippen LogP contribution in [0, 0.1) is 0 Å². The molecule has 0 N–H and O–H groups in total. The van der Waals surface area contributed by atoms with Crippen molar-refractivity contribution in [3.63, 3.8) is 0 Å². The summed E-state index contributed by atoms with van der Waals surface area (Å²) in [5, 5.41) is 4.60.